The highest BCUT2D eigenvalue weighted by Crippen LogP contribution is 2.08. The van der Waals surface area contributed by atoms with E-state index in [0.717, 1.165) is 32.1 Å². The minimum Gasteiger partial charge on any atom is -0.328 e. The monoisotopic (exact) mass is 220 g/mol. The fourth-order valence-corrected chi connectivity index (χ4v) is 1.96. The minimum atomic E-state index is 0.241. The SMILES string of the molecule is CCC[C@H](N)CC[C@@H](N)Cc1ccccc1. The second-order valence-electron chi connectivity index (χ2n) is 4.58. The number of rotatable bonds is 7. The largest absolute Gasteiger partial charge is 0.328 e. The number of benzene rings is 1. The van der Waals surface area contributed by atoms with Crippen molar-refractivity contribution in [3.05, 3.63) is 35.9 Å². The van der Waals surface area contributed by atoms with Crippen LogP contribution >= 0.6 is 0 Å². The van der Waals surface area contributed by atoms with Crippen LogP contribution < -0.4 is 11.5 Å². The van der Waals surface area contributed by atoms with E-state index in [-0.39, 0.29) is 6.04 Å². The molecule has 0 bridgehead atoms. The van der Waals surface area contributed by atoms with E-state index in [1.54, 1.807) is 0 Å². The molecule has 1 rings (SSSR count). The molecule has 1 aromatic rings. The Labute approximate surface area is 99.0 Å². The lowest BCUT2D eigenvalue weighted by molar-refractivity contribution is 0.492. The zero-order chi connectivity index (χ0) is 11.8. The molecule has 0 aliphatic carbocycles. The Morgan fingerprint density at radius 2 is 1.56 bits per heavy atom. The summed E-state index contributed by atoms with van der Waals surface area (Å²) in [7, 11) is 0. The van der Waals surface area contributed by atoms with Crippen LogP contribution in [0.4, 0.5) is 0 Å². The quantitative estimate of drug-likeness (QED) is 0.741. The molecule has 0 aromatic heterocycles. The standard InChI is InChI=1S/C14H24N2/c1-2-6-13(15)9-10-14(16)11-12-7-4-3-5-8-12/h3-5,7-8,13-14H,2,6,9-11,15-16H2,1H3/t13-,14+/m0/s1. The zero-order valence-corrected chi connectivity index (χ0v) is 10.2. The maximum Gasteiger partial charge on any atom is 0.00798 e. The molecule has 0 fully saturated rings. The van der Waals surface area contributed by atoms with Crippen LogP contribution in [0.5, 0.6) is 0 Å². The van der Waals surface area contributed by atoms with Gasteiger partial charge in [-0.05, 0) is 31.2 Å². The molecule has 2 atom stereocenters. The highest BCUT2D eigenvalue weighted by atomic mass is 14.7. The summed E-state index contributed by atoms with van der Waals surface area (Å²) in [6, 6.07) is 11.0. The summed E-state index contributed by atoms with van der Waals surface area (Å²) >= 11 is 0. The number of hydrogen-bond donors (Lipinski definition) is 2. The lowest BCUT2D eigenvalue weighted by Crippen LogP contribution is -2.27. The average molecular weight is 220 g/mol. The molecule has 0 aliphatic heterocycles. The highest BCUT2D eigenvalue weighted by Gasteiger charge is 2.07. The van der Waals surface area contributed by atoms with Crippen molar-refractivity contribution in [2.45, 2.75) is 51.1 Å². The lowest BCUT2D eigenvalue weighted by atomic mass is 9.99. The Hall–Kier alpha value is -0.860. The van der Waals surface area contributed by atoms with Crippen LogP contribution in [0.1, 0.15) is 38.2 Å². The molecule has 1 aromatic carbocycles. The summed E-state index contributed by atoms with van der Waals surface area (Å²) in [4.78, 5) is 0. The fraction of sp³-hybridized carbons (Fsp3) is 0.571. The van der Waals surface area contributed by atoms with Crippen molar-refractivity contribution < 1.29 is 0 Å². The van der Waals surface area contributed by atoms with Gasteiger partial charge >= 0.3 is 0 Å². The van der Waals surface area contributed by atoms with Gasteiger partial charge in [0.1, 0.15) is 0 Å². The highest BCUT2D eigenvalue weighted by molar-refractivity contribution is 5.15. The van der Waals surface area contributed by atoms with Gasteiger partial charge in [-0.25, -0.2) is 0 Å². The van der Waals surface area contributed by atoms with E-state index >= 15 is 0 Å². The molecule has 0 aliphatic rings. The van der Waals surface area contributed by atoms with Gasteiger partial charge in [-0.15, -0.1) is 0 Å². The van der Waals surface area contributed by atoms with Crippen LogP contribution in [0.25, 0.3) is 0 Å². The van der Waals surface area contributed by atoms with Crippen molar-refractivity contribution in [3.8, 4) is 0 Å². The van der Waals surface area contributed by atoms with Crippen molar-refractivity contribution in [2.75, 3.05) is 0 Å². The number of hydrogen-bond acceptors (Lipinski definition) is 2. The summed E-state index contributed by atoms with van der Waals surface area (Å²) in [5.41, 5.74) is 13.4. The Bertz CT molecular complexity index is 271. The molecule has 0 radical (unpaired) electrons. The second kappa shape index (κ2) is 7.42. The first-order valence-corrected chi connectivity index (χ1v) is 6.27. The van der Waals surface area contributed by atoms with E-state index < -0.39 is 0 Å². The van der Waals surface area contributed by atoms with Crippen LogP contribution in [0, 0.1) is 0 Å². The van der Waals surface area contributed by atoms with Crippen LogP contribution in [0.15, 0.2) is 30.3 Å². The first kappa shape index (κ1) is 13.2. The van der Waals surface area contributed by atoms with E-state index in [0.29, 0.717) is 6.04 Å². The van der Waals surface area contributed by atoms with Gasteiger partial charge in [0.05, 0.1) is 0 Å². The van der Waals surface area contributed by atoms with E-state index in [2.05, 4.69) is 31.2 Å². The molecule has 0 amide bonds. The summed E-state index contributed by atoms with van der Waals surface area (Å²) in [6.07, 6.45) is 5.30. The minimum absolute atomic E-state index is 0.241. The Balaban J connectivity index is 2.23. The van der Waals surface area contributed by atoms with Crippen LogP contribution in [-0.4, -0.2) is 12.1 Å². The molecule has 0 heterocycles. The molecular weight excluding hydrogens is 196 g/mol. The van der Waals surface area contributed by atoms with Gasteiger partial charge in [-0.2, -0.15) is 0 Å². The van der Waals surface area contributed by atoms with Crippen molar-refractivity contribution >= 4 is 0 Å². The van der Waals surface area contributed by atoms with Gasteiger partial charge in [0, 0.05) is 12.1 Å². The molecule has 2 heteroatoms. The molecule has 90 valence electrons. The van der Waals surface area contributed by atoms with Crippen molar-refractivity contribution in [1.29, 1.82) is 0 Å². The first-order valence-electron chi connectivity index (χ1n) is 6.27. The normalized spacial score (nSPS) is 14.7. The predicted molar refractivity (Wildman–Crippen MR) is 70.2 cm³/mol. The molecule has 2 nitrogen and oxygen atoms in total. The second-order valence-corrected chi connectivity index (χ2v) is 4.58. The average Bonchev–Trinajstić information content (AvgIpc) is 2.28. The van der Waals surface area contributed by atoms with Gasteiger partial charge in [-0.1, -0.05) is 43.7 Å². The third kappa shape index (κ3) is 5.29. The van der Waals surface area contributed by atoms with Crippen molar-refractivity contribution in [1.82, 2.24) is 0 Å². The fourth-order valence-electron chi connectivity index (χ4n) is 1.96. The lowest BCUT2D eigenvalue weighted by Gasteiger charge is -2.15. The van der Waals surface area contributed by atoms with Gasteiger partial charge in [0.2, 0.25) is 0 Å². The molecule has 0 saturated heterocycles. The van der Waals surface area contributed by atoms with Crippen molar-refractivity contribution in [2.24, 2.45) is 11.5 Å². The summed E-state index contributed by atoms with van der Waals surface area (Å²) in [5, 5.41) is 0. The Morgan fingerprint density at radius 1 is 0.938 bits per heavy atom. The summed E-state index contributed by atoms with van der Waals surface area (Å²) < 4.78 is 0. The van der Waals surface area contributed by atoms with E-state index in [1.807, 2.05) is 6.07 Å². The van der Waals surface area contributed by atoms with Crippen LogP contribution in [0.3, 0.4) is 0 Å². The topological polar surface area (TPSA) is 52.0 Å². The Kier molecular flexibility index (Phi) is 6.12. The van der Waals surface area contributed by atoms with Gasteiger partial charge in [-0.3, -0.25) is 0 Å². The van der Waals surface area contributed by atoms with E-state index in [1.165, 1.54) is 5.56 Å². The Morgan fingerprint density at radius 3 is 2.19 bits per heavy atom. The van der Waals surface area contributed by atoms with Crippen LogP contribution in [0.2, 0.25) is 0 Å². The molecule has 16 heavy (non-hydrogen) atoms. The smallest absolute Gasteiger partial charge is 0.00798 e. The van der Waals surface area contributed by atoms with Gasteiger partial charge < -0.3 is 11.5 Å². The third-order valence-corrected chi connectivity index (χ3v) is 2.91. The van der Waals surface area contributed by atoms with E-state index in [4.69, 9.17) is 11.5 Å². The van der Waals surface area contributed by atoms with Crippen molar-refractivity contribution in [3.63, 3.8) is 0 Å². The molecule has 4 N–H and O–H groups in total. The third-order valence-electron chi connectivity index (χ3n) is 2.91. The van der Waals surface area contributed by atoms with Crippen LogP contribution in [-0.2, 0) is 6.42 Å². The zero-order valence-electron chi connectivity index (χ0n) is 10.2. The predicted octanol–water partition coefficient (Wildman–Crippen LogP) is 2.46. The van der Waals surface area contributed by atoms with E-state index in [9.17, 15) is 0 Å². The molecule has 0 spiro atoms. The summed E-state index contributed by atoms with van der Waals surface area (Å²) in [6.45, 7) is 2.17. The van der Waals surface area contributed by atoms with Gasteiger partial charge in [0.25, 0.3) is 0 Å². The van der Waals surface area contributed by atoms with Gasteiger partial charge in [0.15, 0.2) is 0 Å². The first-order chi connectivity index (χ1) is 7.72. The maximum atomic E-state index is 6.09. The molecule has 0 saturated carbocycles. The maximum absolute atomic E-state index is 6.09. The number of nitrogens with two attached hydrogens (primary N) is 2. The molecular formula is C14H24N2. The molecule has 0 unspecified atom stereocenters. The summed E-state index contributed by atoms with van der Waals surface area (Å²) in [5.74, 6) is 0.